The molecule has 1 amide bonds. The van der Waals surface area contributed by atoms with Gasteiger partial charge in [0.1, 0.15) is 16.4 Å². The van der Waals surface area contributed by atoms with Crippen LogP contribution in [0.25, 0.3) is 0 Å². The predicted molar refractivity (Wildman–Crippen MR) is 84.2 cm³/mol. The van der Waals surface area contributed by atoms with Crippen LogP contribution in [-0.4, -0.2) is 55.4 Å². The number of methoxy groups -OCH3 is 3. The van der Waals surface area contributed by atoms with E-state index >= 15 is 0 Å². The van der Waals surface area contributed by atoms with E-state index in [1.807, 2.05) is 0 Å². The molecule has 0 saturated heterocycles. The highest BCUT2D eigenvalue weighted by Crippen LogP contribution is 2.27. The Morgan fingerprint density at radius 2 is 1.91 bits per heavy atom. The summed E-state index contributed by atoms with van der Waals surface area (Å²) < 4.78 is 41.7. The molecule has 0 aliphatic rings. The Bertz CT molecular complexity index is 618. The van der Waals surface area contributed by atoms with Crippen molar-refractivity contribution in [2.45, 2.75) is 11.3 Å². The van der Waals surface area contributed by atoms with Crippen LogP contribution in [0.5, 0.6) is 11.5 Å². The van der Waals surface area contributed by atoms with Crippen molar-refractivity contribution < 1.29 is 27.4 Å². The van der Waals surface area contributed by atoms with Crippen LogP contribution in [0.15, 0.2) is 23.1 Å². The van der Waals surface area contributed by atoms with Crippen LogP contribution < -0.4 is 19.5 Å². The number of amides is 1. The van der Waals surface area contributed by atoms with E-state index < -0.39 is 15.9 Å². The number of benzene rings is 1. The zero-order valence-corrected chi connectivity index (χ0v) is 14.2. The second-order valence-electron chi connectivity index (χ2n) is 4.54. The Balaban J connectivity index is 2.67. The van der Waals surface area contributed by atoms with Gasteiger partial charge < -0.3 is 19.5 Å². The van der Waals surface area contributed by atoms with Crippen LogP contribution in [0, 0.1) is 0 Å². The fourth-order valence-electron chi connectivity index (χ4n) is 1.74. The minimum absolute atomic E-state index is 0.0621. The summed E-state index contributed by atoms with van der Waals surface area (Å²) in [4.78, 5) is 11.5. The first-order valence-electron chi connectivity index (χ1n) is 6.92. The number of nitrogens with one attached hydrogen (secondary N) is 2. The van der Waals surface area contributed by atoms with Gasteiger partial charge in [0, 0.05) is 26.3 Å². The maximum atomic E-state index is 12.3. The number of carbonyl (C=O) groups is 1. The Hall–Kier alpha value is -1.84. The van der Waals surface area contributed by atoms with Gasteiger partial charge in [-0.25, -0.2) is 13.1 Å². The number of sulfonamides is 1. The molecule has 9 heteroatoms. The van der Waals surface area contributed by atoms with E-state index in [1.165, 1.54) is 32.4 Å². The van der Waals surface area contributed by atoms with E-state index in [4.69, 9.17) is 14.2 Å². The SMILES string of the molecule is COCCCNC(=O)CNS(=O)(=O)c1ccc(OC)cc1OC. The first kappa shape index (κ1) is 19.2. The van der Waals surface area contributed by atoms with Gasteiger partial charge in [-0.3, -0.25) is 4.79 Å². The van der Waals surface area contributed by atoms with Crippen molar-refractivity contribution in [2.75, 3.05) is 41.0 Å². The highest BCUT2D eigenvalue weighted by Gasteiger charge is 2.20. The third kappa shape index (κ3) is 6.05. The molecule has 0 aliphatic heterocycles. The summed E-state index contributed by atoms with van der Waals surface area (Å²) in [6, 6.07) is 4.32. The molecule has 0 saturated carbocycles. The van der Waals surface area contributed by atoms with E-state index in [0.29, 0.717) is 25.3 Å². The van der Waals surface area contributed by atoms with Crippen LogP contribution in [0.1, 0.15) is 6.42 Å². The fourth-order valence-corrected chi connectivity index (χ4v) is 2.87. The number of ether oxygens (including phenoxy) is 3. The standard InChI is InChI=1S/C14H22N2O6S/c1-20-8-4-7-15-14(17)10-16-23(18,19)13-6-5-11(21-2)9-12(13)22-3/h5-6,9,16H,4,7-8,10H2,1-3H3,(H,15,17). The molecule has 1 aromatic rings. The molecule has 0 heterocycles. The summed E-state index contributed by atoms with van der Waals surface area (Å²) in [5, 5.41) is 2.59. The lowest BCUT2D eigenvalue weighted by Gasteiger charge is -2.12. The summed E-state index contributed by atoms with van der Waals surface area (Å²) >= 11 is 0. The first-order chi connectivity index (χ1) is 10.9. The smallest absolute Gasteiger partial charge is 0.244 e. The molecule has 0 fully saturated rings. The Morgan fingerprint density at radius 1 is 1.17 bits per heavy atom. The Morgan fingerprint density at radius 3 is 2.52 bits per heavy atom. The van der Waals surface area contributed by atoms with E-state index in [9.17, 15) is 13.2 Å². The molecule has 130 valence electrons. The van der Waals surface area contributed by atoms with E-state index in [-0.39, 0.29) is 17.2 Å². The monoisotopic (exact) mass is 346 g/mol. The number of carbonyl (C=O) groups excluding carboxylic acids is 1. The zero-order valence-electron chi connectivity index (χ0n) is 13.4. The largest absolute Gasteiger partial charge is 0.497 e. The summed E-state index contributed by atoms with van der Waals surface area (Å²) in [7, 11) is 0.518. The minimum atomic E-state index is -3.87. The molecular formula is C14H22N2O6S. The molecule has 0 bridgehead atoms. The lowest BCUT2D eigenvalue weighted by molar-refractivity contribution is -0.120. The molecule has 8 nitrogen and oxygen atoms in total. The van der Waals surface area contributed by atoms with Gasteiger partial charge in [0.05, 0.1) is 20.8 Å². The van der Waals surface area contributed by atoms with Gasteiger partial charge in [-0.1, -0.05) is 0 Å². The van der Waals surface area contributed by atoms with Crippen molar-refractivity contribution in [1.82, 2.24) is 10.0 Å². The van der Waals surface area contributed by atoms with Crippen molar-refractivity contribution in [3.8, 4) is 11.5 Å². The molecule has 1 aromatic carbocycles. The number of rotatable bonds is 10. The fraction of sp³-hybridized carbons (Fsp3) is 0.500. The Labute approximate surface area is 136 Å². The van der Waals surface area contributed by atoms with Crippen molar-refractivity contribution in [2.24, 2.45) is 0 Å². The first-order valence-corrected chi connectivity index (χ1v) is 8.40. The van der Waals surface area contributed by atoms with E-state index in [1.54, 1.807) is 7.11 Å². The normalized spacial score (nSPS) is 11.1. The van der Waals surface area contributed by atoms with Crippen LogP contribution in [0.4, 0.5) is 0 Å². The lowest BCUT2D eigenvalue weighted by atomic mass is 10.3. The van der Waals surface area contributed by atoms with Crippen molar-refractivity contribution in [3.63, 3.8) is 0 Å². The predicted octanol–water partition coefficient (Wildman–Crippen LogP) is 0.135. The van der Waals surface area contributed by atoms with Crippen LogP contribution >= 0.6 is 0 Å². The summed E-state index contributed by atoms with van der Waals surface area (Å²) in [5.41, 5.74) is 0. The summed E-state index contributed by atoms with van der Waals surface area (Å²) in [5.74, 6) is 0.186. The van der Waals surface area contributed by atoms with Gasteiger partial charge in [0.25, 0.3) is 0 Å². The number of hydrogen-bond acceptors (Lipinski definition) is 6. The molecule has 0 spiro atoms. The lowest BCUT2D eigenvalue weighted by Crippen LogP contribution is -2.37. The highest BCUT2D eigenvalue weighted by molar-refractivity contribution is 7.89. The van der Waals surface area contributed by atoms with E-state index in [0.717, 1.165) is 0 Å². The molecule has 1 rings (SSSR count). The maximum Gasteiger partial charge on any atom is 0.244 e. The van der Waals surface area contributed by atoms with Crippen molar-refractivity contribution >= 4 is 15.9 Å². The molecule has 23 heavy (non-hydrogen) atoms. The molecule has 2 N–H and O–H groups in total. The minimum Gasteiger partial charge on any atom is -0.497 e. The average molecular weight is 346 g/mol. The van der Waals surface area contributed by atoms with Gasteiger partial charge in [0.15, 0.2) is 0 Å². The topological polar surface area (TPSA) is 103 Å². The third-order valence-electron chi connectivity index (χ3n) is 2.93. The van der Waals surface area contributed by atoms with Gasteiger partial charge >= 0.3 is 0 Å². The third-order valence-corrected chi connectivity index (χ3v) is 4.37. The van der Waals surface area contributed by atoms with Crippen LogP contribution in [0.2, 0.25) is 0 Å². The quantitative estimate of drug-likeness (QED) is 0.584. The summed E-state index contributed by atoms with van der Waals surface area (Å²) in [6.45, 7) is 0.583. The van der Waals surface area contributed by atoms with Gasteiger partial charge in [-0.2, -0.15) is 0 Å². The zero-order chi connectivity index (χ0) is 17.3. The second-order valence-corrected chi connectivity index (χ2v) is 6.27. The van der Waals surface area contributed by atoms with Crippen LogP contribution in [0.3, 0.4) is 0 Å². The van der Waals surface area contributed by atoms with Gasteiger partial charge in [0.2, 0.25) is 15.9 Å². The summed E-state index contributed by atoms with van der Waals surface area (Å²) in [6.07, 6.45) is 0.654. The van der Waals surface area contributed by atoms with Gasteiger partial charge in [-0.05, 0) is 18.6 Å². The molecule has 0 atom stereocenters. The molecule has 0 aliphatic carbocycles. The average Bonchev–Trinajstić information content (AvgIpc) is 2.56. The second kappa shape index (κ2) is 9.33. The van der Waals surface area contributed by atoms with Crippen molar-refractivity contribution in [3.05, 3.63) is 18.2 Å². The molecule has 0 aromatic heterocycles. The molecular weight excluding hydrogens is 324 g/mol. The van der Waals surface area contributed by atoms with Crippen LogP contribution in [-0.2, 0) is 19.6 Å². The van der Waals surface area contributed by atoms with Gasteiger partial charge in [-0.15, -0.1) is 0 Å². The Kier molecular flexibility index (Phi) is 7.79. The number of hydrogen-bond donors (Lipinski definition) is 2. The maximum absolute atomic E-state index is 12.3. The highest BCUT2D eigenvalue weighted by atomic mass is 32.2. The molecule has 0 radical (unpaired) electrons. The van der Waals surface area contributed by atoms with Crippen molar-refractivity contribution in [1.29, 1.82) is 0 Å². The van der Waals surface area contributed by atoms with E-state index in [2.05, 4.69) is 10.0 Å². The molecule has 0 unspecified atom stereocenters.